The van der Waals surface area contributed by atoms with E-state index in [1.807, 2.05) is 0 Å². The number of nitrogens with one attached hydrogen (secondary N) is 1. The van der Waals surface area contributed by atoms with Crippen LogP contribution < -0.4 is 5.32 Å². The van der Waals surface area contributed by atoms with Gasteiger partial charge in [-0.3, -0.25) is 0 Å². The van der Waals surface area contributed by atoms with Crippen LogP contribution in [0.5, 0.6) is 0 Å². The van der Waals surface area contributed by atoms with E-state index in [2.05, 4.69) is 54.5 Å². The minimum Gasteiger partial charge on any atom is -0.381 e. The topological polar surface area (TPSA) is 24.5 Å². The standard InChI is InChI=1S/C18H30N2O/c1-3-11-19-18(17-7-5-4-6-8-17)15-20(2)14-16-9-12-21-13-10-16/h4-8,16,18-19H,3,9-15H2,1-2H3. The molecule has 2 rings (SSSR count). The summed E-state index contributed by atoms with van der Waals surface area (Å²) in [5.41, 5.74) is 1.39. The zero-order chi connectivity index (χ0) is 14.9. The van der Waals surface area contributed by atoms with Gasteiger partial charge in [0.1, 0.15) is 0 Å². The van der Waals surface area contributed by atoms with Crippen molar-refractivity contribution >= 4 is 0 Å². The summed E-state index contributed by atoms with van der Waals surface area (Å²) in [7, 11) is 2.25. The van der Waals surface area contributed by atoms with Gasteiger partial charge < -0.3 is 15.0 Å². The molecule has 1 atom stereocenters. The van der Waals surface area contributed by atoms with Gasteiger partial charge in [0.25, 0.3) is 0 Å². The van der Waals surface area contributed by atoms with Gasteiger partial charge in [-0.15, -0.1) is 0 Å². The van der Waals surface area contributed by atoms with E-state index in [0.717, 1.165) is 32.2 Å². The maximum Gasteiger partial charge on any atom is 0.0469 e. The number of ether oxygens (including phenoxy) is 1. The summed E-state index contributed by atoms with van der Waals surface area (Å²) in [5, 5.41) is 3.69. The zero-order valence-electron chi connectivity index (χ0n) is 13.6. The Kier molecular flexibility index (Phi) is 7.20. The first kappa shape index (κ1) is 16.5. The number of hydrogen-bond donors (Lipinski definition) is 1. The third-order valence-electron chi connectivity index (χ3n) is 4.25. The highest BCUT2D eigenvalue weighted by atomic mass is 16.5. The molecule has 1 aliphatic rings. The molecule has 3 nitrogen and oxygen atoms in total. The van der Waals surface area contributed by atoms with Gasteiger partial charge in [0.2, 0.25) is 0 Å². The van der Waals surface area contributed by atoms with Crippen molar-refractivity contribution in [1.29, 1.82) is 0 Å². The van der Waals surface area contributed by atoms with Crippen molar-refractivity contribution < 1.29 is 4.74 Å². The van der Waals surface area contributed by atoms with E-state index in [4.69, 9.17) is 4.74 Å². The molecule has 21 heavy (non-hydrogen) atoms. The summed E-state index contributed by atoms with van der Waals surface area (Å²) in [6.07, 6.45) is 3.60. The van der Waals surface area contributed by atoms with Gasteiger partial charge in [0.05, 0.1) is 0 Å². The van der Waals surface area contributed by atoms with Crippen LogP contribution in [-0.2, 0) is 4.74 Å². The van der Waals surface area contributed by atoms with Crippen molar-refractivity contribution in [3.63, 3.8) is 0 Å². The van der Waals surface area contributed by atoms with Crippen molar-refractivity contribution in [3.8, 4) is 0 Å². The largest absolute Gasteiger partial charge is 0.381 e. The maximum absolute atomic E-state index is 5.45. The van der Waals surface area contributed by atoms with E-state index in [9.17, 15) is 0 Å². The molecule has 1 N–H and O–H groups in total. The second-order valence-corrected chi connectivity index (χ2v) is 6.19. The fourth-order valence-corrected chi connectivity index (χ4v) is 3.05. The first-order chi connectivity index (χ1) is 10.3. The molecular formula is C18H30N2O. The average molecular weight is 290 g/mol. The average Bonchev–Trinajstić information content (AvgIpc) is 2.53. The number of likely N-dealkylation sites (N-methyl/N-ethyl adjacent to an activating group) is 1. The SMILES string of the molecule is CCCNC(CN(C)CC1CCOCC1)c1ccccc1. The van der Waals surface area contributed by atoms with Crippen LogP contribution in [0.4, 0.5) is 0 Å². The predicted molar refractivity (Wildman–Crippen MR) is 88.5 cm³/mol. The Bertz CT molecular complexity index is 376. The summed E-state index contributed by atoms with van der Waals surface area (Å²) in [4.78, 5) is 2.48. The first-order valence-electron chi connectivity index (χ1n) is 8.34. The second kappa shape index (κ2) is 9.19. The summed E-state index contributed by atoms with van der Waals surface area (Å²) in [6.45, 7) is 7.43. The molecule has 1 aliphatic heterocycles. The van der Waals surface area contributed by atoms with Crippen molar-refractivity contribution in [2.45, 2.75) is 32.2 Å². The van der Waals surface area contributed by atoms with Gasteiger partial charge in [-0.1, -0.05) is 37.3 Å². The number of benzene rings is 1. The highest BCUT2D eigenvalue weighted by Gasteiger charge is 2.18. The molecule has 1 heterocycles. The van der Waals surface area contributed by atoms with Crippen LogP contribution in [0.3, 0.4) is 0 Å². The third-order valence-corrected chi connectivity index (χ3v) is 4.25. The molecule has 0 bridgehead atoms. The lowest BCUT2D eigenvalue weighted by Crippen LogP contribution is -2.37. The van der Waals surface area contributed by atoms with Gasteiger partial charge in [0.15, 0.2) is 0 Å². The lowest BCUT2D eigenvalue weighted by molar-refractivity contribution is 0.0547. The Morgan fingerprint density at radius 1 is 1.24 bits per heavy atom. The van der Waals surface area contributed by atoms with Crippen LogP contribution in [0.1, 0.15) is 37.8 Å². The normalized spacial score (nSPS) is 18.0. The van der Waals surface area contributed by atoms with Crippen molar-refractivity contribution in [1.82, 2.24) is 10.2 Å². The van der Waals surface area contributed by atoms with Crippen molar-refractivity contribution in [2.75, 3.05) is 39.9 Å². The fourth-order valence-electron chi connectivity index (χ4n) is 3.05. The highest BCUT2D eigenvalue weighted by molar-refractivity contribution is 5.19. The van der Waals surface area contributed by atoms with Crippen LogP contribution in [0, 0.1) is 5.92 Å². The van der Waals surface area contributed by atoms with E-state index in [1.54, 1.807) is 0 Å². The molecule has 1 aromatic carbocycles. The minimum absolute atomic E-state index is 0.427. The van der Waals surface area contributed by atoms with Crippen molar-refractivity contribution in [3.05, 3.63) is 35.9 Å². The molecule has 0 spiro atoms. The molecule has 1 fully saturated rings. The molecule has 0 saturated carbocycles. The summed E-state index contributed by atoms with van der Waals surface area (Å²) < 4.78 is 5.45. The van der Waals surface area contributed by atoms with Crippen LogP contribution >= 0.6 is 0 Å². The fraction of sp³-hybridized carbons (Fsp3) is 0.667. The van der Waals surface area contributed by atoms with Gasteiger partial charge in [-0.25, -0.2) is 0 Å². The minimum atomic E-state index is 0.427. The van der Waals surface area contributed by atoms with E-state index < -0.39 is 0 Å². The zero-order valence-corrected chi connectivity index (χ0v) is 13.6. The quantitative estimate of drug-likeness (QED) is 0.796. The third kappa shape index (κ3) is 5.77. The molecule has 0 aliphatic carbocycles. The molecule has 0 amide bonds. The van der Waals surface area contributed by atoms with Gasteiger partial charge in [-0.2, -0.15) is 0 Å². The van der Waals surface area contributed by atoms with Gasteiger partial charge in [-0.05, 0) is 44.3 Å². The molecule has 1 unspecified atom stereocenters. The highest BCUT2D eigenvalue weighted by Crippen LogP contribution is 2.18. The van der Waals surface area contributed by atoms with Crippen LogP contribution in [-0.4, -0.2) is 44.8 Å². The monoisotopic (exact) mass is 290 g/mol. The molecule has 1 saturated heterocycles. The smallest absolute Gasteiger partial charge is 0.0469 e. The Labute approximate surface area is 129 Å². The molecular weight excluding hydrogens is 260 g/mol. The van der Waals surface area contributed by atoms with Crippen LogP contribution in [0.25, 0.3) is 0 Å². The predicted octanol–water partition coefficient (Wildman–Crippen LogP) is 3.09. The van der Waals surface area contributed by atoms with E-state index >= 15 is 0 Å². The summed E-state index contributed by atoms with van der Waals surface area (Å²) in [6, 6.07) is 11.2. The first-order valence-corrected chi connectivity index (χ1v) is 8.34. The van der Waals surface area contributed by atoms with E-state index in [-0.39, 0.29) is 0 Å². The van der Waals surface area contributed by atoms with E-state index in [0.29, 0.717) is 6.04 Å². The Balaban J connectivity index is 1.87. The van der Waals surface area contributed by atoms with E-state index in [1.165, 1.54) is 31.4 Å². The summed E-state index contributed by atoms with van der Waals surface area (Å²) >= 11 is 0. The lowest BCUT2D eigenvalue weighted by Gasteiger charge is -2.30. The molecule has 0 aromatic heterocycles. The lowest BCUT2D eigenvalue weighted by atomic mass is 9.99. The molecule has 3 heteroatoms. The maximum atomic E-state index is 5.45. The summed E-state index contributed by atoms with van der Waals surface area (Å²) in [5.74, 6) is 0.798. The Morgan fingerprint density at radius 3 is 2.62 bits per heavy atom. The second-order valence-electron chi connectivity index (χ2n) is 6.19. The molecule has 0 radical (unpaired) electrons. The Hall–Kier alpha value is -0.900. The van der Waals surface area contributed by atoms with Gasteiger partial charge in [0, 0.05) is 32.3 Å². The number of nitrogens with zero attached hydrogens (tertiary/aromatic N) is 1. The van der Waals surface area contributed by atoms with Crippen LogP contribution in [0.2, 0.25) is 0 Å². The van der Waals surface area contributed by atoms with Crippen LogP contribution in [0.15, 0.2) is 30.3 Å². The van der Waals surface area contributed by atoms with Crippen molar-refractivity contribution in [2.24, 2.45) is 5.92 Å². The number of rotatable bonds is 8. The molecule has 1 aromatic rings. The Morgan fingerprint density at radius 2 is 1.95 bits per heavy atom. The van der Waals surface area contributed by atoms with Gasteiger partial charge >= 0.3 is 0 Å². The molecule has 118 valence electrons. The number of hydrogen-bond acceptors (Lipinski definition) is 3.